The van der Waals surface area contributed by atoms with Gasteiger partial charge in [-0.1, -0.05) is 42.5 Å². The zero-order chi connectivity index (χ0) is 17.2. The molecule has 4 nitrogen and oxygen atoms in total. The van der Waals surface area contributed by atoms with E-state index in [1.165, 1.54) is 20.8 Å². The van der Waals surface area contributed by atoms with Crippen molar-refractivity contribution in [1.82, 2.24) is 0 Å². The molecule has 1 saturated carbocycles. The largest absolute Gasteiger partial charge is 0.389 e. The summed E-state index contributed by atoms with van der Waals surface area (Å²) in [6.07, 6.45) is 3.35. The number of carbonyl (C=O) groups is 3. The first-order chi connectivity index (χ1) is 10.7. The highest BCUT2D eigenvalue weighted by atomic mass is 16.3. The molecule has 0 heterocycles. The number of benzene rings is 1. The summed E-state index contributed by atoms with van der Waals surface area (Å²) in [5, 5.41) is 10.6. The van der Waals surface area contributed by atoms with Gasteiger partial charge in [0.25, 0.3) is 0 Å². The first kappa shape index (κ1) is 17.3. The zero-order valence-electron chi connectivity index (χ0n) is 13.7. The summed E-state index contributed by atoms with van der Waals surface area (Å²) in [5.41, 5.74) is -0.518. The lowest BCUT2D eigenvalue weighted by molar-refractivity contribution is -0.153. The van der Waals surface area contributed by atoms with Gasteiger partial charge in [0.05, 0.1) is 17.4 Å². The summed E-state index contributed by atoms with van der Waals surface area (Å²) in [6, 6.07) is 9.44. The van der Waals surface area contributed by atoms with E-state index in [0.717, 1.165) is 5.56 Å². The maximum absolute atomic E-state index is 12.3. The van der Waals surface area contributed by atoms with E-state index in [2.05, 4.69) is 0 Å². The Kier molecular flexibility index (Phi) is 4.95. The average molecular weight is 314 g/mol. The smallest absolute Gasteiger partial charge is 0.146 e. The van der Waals surface area contributed by atoms with Crippen LogP contribution in [-0.2, 0) is 14.4 Å². The number of ketones is 3. The fourth-order valence-electron chi connectivity index (χ4n) is 3.61. The second-order valence-corrected chi connectivity index (χ2v) is 6.52. The molecule has 0 spiro atoms. The third-order valence-electron chi connectivity index (χ3n) is 4.51. The van der Waals surface area contributed by atoms with Crippen molar-refractivity contribution < 1.29 is 19.5 Å². The Labute approximate surface area is 136 Å². The minimum atomic E-state index is -1.43. The molecule has 1 aromatic rings. The monoisotopic (exact) mass is 314 g/mol. The first-order valence-corrected chi connectivity index (χ1v) is 7.73. The van der Waals surface area contributed by atoms with Crippen molar-refractivity contribution in [3.05, 3.63) is 42.0 Å². The van der Waals surface area contributed by atoms with E-state index < -0.39 is 23.4 Å². The molecular weight excluding hydrogens is 292 g/mol. The molecule has 4 atom stereocenters. The number of hydrogen-bond donors (Lipinski definition) is 1. The third kappa shape index (κ3) is 3.64. The molecule has 0 radical (unpaired) electrons. The number of hydrogen-bond acceptors (Lipinski definition) is 4. The van der Waals surface area contributed by atoms with Gasteiger partial charge in [-0.05, 0) is 26.3 Å². The van der Waals surface area contributed by atoms with Crippen LogP contribution in [0.3, 0.4) is 0 Å². The normalized spacial score (nSPS) is 31.3. The second-order valence-electron chi connectivity index (χ2n) is 6.52. The van der Waals surface area contributed by atoms with Gasteiger partial charge < -0.3 is 5.11 Å². The van der Waals surface area contributed by atoms with E-state index >= 15 is 0 Å². The molecule has 4 heteroatoms. The van der Waals surface area contributed by atoms with E-state index in [1.807, 2.05) is 30.3 Å². The molecule has 1 aromatic carbocycles. The number of Topliss-reactive ketones (excluding diaryl/α,β-unsaturated/α-hetero) is 3. The number of rotatable bonds is 4. The van der Waals surface area contributed by atoms with E-state index in [-0.39, 0.29) is 23.8 Å². The van der Waals surface area contributed by atoms with Crippen LogP contribution < -0.4 is 0 Å². The Bertz CT molecular complexity index is 643. The Morgan fingerprint density at radius 3 is 2.30 bits per heavy atom. The molecule has 0 bridgehead atoms. The molecule has 1 N–H and O–H groups in total. The predicted octanol–water partition coefficient (Wildman–Crippen LogP) is 2.45. The fourth-order valence-corrected chi connectivity index (χ4v) is 3.61. The number of carbonyl (C=O) groups excluding carboxylic acids is 3. The van der Waals surface area contributed by atoms with E-state index in [1.54, 1.807) is 12.2 Å². The van der Waals surface area contributed by atoms with Crippen molar-refractivity contribution >= 4 is 23.4 Å². The van der Waals surface area contributed by atoms with Crippen molar-refractivity contribution in [2.24, 2.45) is 17.8 Å². The molecule has 1 aliphatic rings. The summed E-state index contributed by atoms with van der Waals surface area (Å²) >= 11 is 0. The average Bonchev–Trinajstić information content (AvgIpc) is 2.43. The van der Waals surface area contributed by atoms with Crippen molar-refractivity contribution in [2.45, 2.75) is 32.8 Å². The molecule has 23 heavy (non-hydrogen) atoms. The van der Waals surface area contributed by atoms with Gasteiger partial charge in [0.1, 0.15) is 17.3 Å². The van der Waals surface area contributed by atoms with Crippen LogP contribution in [0.4, 0.5) is 0 Å². The lowest BCUT2D eigenvalue weighted by atomic mass is 9.61. The molecule has 1 aliphatic carbocycles. The minimum Gasteiger partial charge on any atom is -0.389 e. The number of allylic oxidation sites excluding steroid dienone is 1. The van der Waals surface area contributed by atoms with Crippen LogP contribution in [0.15, 0.2) is 36.4 Å². The highest BCUT2D eigenvalue weighted by Crippen LogP contribution is 2.41. The van der Waals surface area contributed by atoms with Gasteiger partial charge in [-0.25, -0.2) is 0 Å². The maximum Gasteiger partial charge on any atom is 0.146 e. The van der Waals surface area contributed by atoms with Crippen LogP contribution in [0.1, 0.15) is 32.8 Å². The Hall–Kier alpha value is -2.07. The third-order valence-corrected chi connectivity index (χ3v) is 4.51. The molecule has 0 aliphatic heterocycles. The quantitative estimate of drug-likeness (QED) is 0.867. The molecule has 0 unspecified atom stereocenters. The van der Waals surface area contributed by atoms with Crippen molar-refractivity contribution in [3.63, 3.8) is 0 Å². The summed E-state index contributed by atoms with van der Waals surface area (Å²) in [6.45, 7) is 4.26. The Balaban J connectivity index is 2.45. The highest BCUT2D eigenvalue weighted by molar-refractivity contribution is 6.04. The summed E-state index contributed by atoms with van der Waals surface area (Å²) in [4.78, 5) is 36.4. The zero-order valence-corrected chi connectivity index (χ0v) is 13.7. The standard InChI is InChI=1S/C19H22O4/c1-12(20)17-15(10-9-14-7-5-4-6-8-14)18(13(2)21)19(3,23)11-16(17)22/h4-10,15,17-18,23H,11H2,1-3H3/b10-9+/t15-,17-,18-,19-/m0/s1. The number of aliphatic hydroxyl groups is 1. The van der Waals surface area contributed by atoms with Crippen LogP contribution in [-0.4, -0.2) is 28.1 Å². The lowest BCUT2D eigenvalue weighted by Gasteiger charge is -2.42. The summed E-state index contributed by atoms with van der Waals surface area (Å²) < 4.78 is 0. The van der Waals surface area contributed by atoms with Gasteiger partial charge in [-0.2, -0.15) is 0 Å². The second kappa shape index (κ2) is 6.59. The highest BCUT2D eigenvalue weighted by Gasteiger charge is 2.52. The Morgan fingerprint density at radius 2 is 1.78 bits per heavy atom. The molecular formula is C19H22O4. The topological polar surface area (TPSA) is 71.4 Å². The van der Waals surface area contributed by atoms with Crippen molar-refractivity contribution in [1.29, 1.82) is 0 Å². The fraction of sp³-hybridized carbons (Fsp3) is 0.421. The van der Waals surface area contributed by atoms with Crippen LogP contribution in [0.2, 0.25) is 0 Å². The Morgan fingerprint density at radius 1 is 1.17 bits per heavy atom. The molecule has 2 rings (SSSR count). The van der Waals surface area contributed by atoms with Gasteiger partial charge in [-0.15, -0.1) is 0 Å². The van der Waals surface area contributed by atoms with Crippen molar-refractivity contribution in [3.8, 4) is 0 Å². The molecule has 0 amide bonds. The molecule has 0 aromatic heterocycles. The van der Waals surface area contributed by atoms with Gasteiger partial charge >= 0.3 is 0 Å². The SMILES string of the molecule is CC(=O)[C@@H]1C(=O)C[C@](C)(O)[C@@H](C(C)=O)[C@H]1/C=C/c1ccccc1. The summed E-state index contributed by atoms with van der Waals surface area (Å²) in [7, 11) is 0. The van der Waals surface area contributed by atoms with E-state index in [0.29, 0.717) is 0 Å². The summed E-state index contributed by atoms with van der Waals surface area (Å²) in [5.74, 6) is -3.04. The predicted molar refractivity (Wildman–Crippen MR) is 87.6 cm³/mol. The van der Waals surface area contributed by atoms with Gasteiger partial charge in [-0.3, -0.25) is 14.4 Å². The van der Waals surface area contributed by atoms with Gasteiger partial charge in [0, 0.05) is 12.3 Å². The minimum absolute atomic E-state index is 0.169. The maximum atomic E-state index is 12.3. The van der Waals surface area contributed by atoms with Gasteiger partial charge in [0.15, 0.2) is 0 Å². The molecule has 122 valence electrons. The van der Waals surface area contributed by atoms with Crippen LogP contribution in [0, 0.1) is 17.8 Å². The van der Waals surface area contributed by atoms with Crippen LogP contribution >= 0.6 is 0 Å². The van der Waals surface area contributed by atoms with E-state index in [4.69, 9.17) is 0 Å². The lowest BCUT2D eigenvalue weighted by Crippen LogP contribution is -2.54. The van der Waals surface area contributed by atoms with Crippen LogP contribution in [0.25, 0.3) is 6.08 Å². The first-order valence-electron chi connectivity index (χ1n) is 7.73. The molecule has 0 saturated heterocycles. The van der Waals surface area contributed by atoms with Crippen molar-refractivity contribution in [2.75, 3.05) is 0 Å². The van der Waals surface area contributed by atoms with E-state index in [9.17, 15) is 19.5 Å². The van der Waals surface area contributed by atoms with Crippen LogP contribution in [0.5, 0.6) is 0 Å². The molecule has 1 fully saturated rings. The van der Waals surface area contributed by atoms with Gasteiger partial charge in [0.2, 0.25) is 0 Å².